The monoisotopic (exact) mass is 601 g/mol. The lowest BCUT2D eigenvalue weighted by molar-refractivity contribution is -0.122. The number of rotatable bonds is 12. The van der Waals surface area contributed by atoms with Crippen LogP contribution < -0.4 is 4.74 Å². The van der Waals surface area contributed by atoms with E-state index in [0.717, 1.165) is 46.7 Å². The molecule has 1 fully saturated rings. The first kappa shape index (κ1) is 29.1. The molecule has 0 radical (unpaired) electrons. The van der Waals surface area contributed by atoms with Crippen molar-refractivity contribution in [1.82, 2.24) is 14.7 Å². The van der Waals surface area contributed by atoms with E-state index in [-0.39, 0.29) is 5.91 Å². The molecule has 0 spiro atoms. The minimum atomic E-state index is -0.0334. The van der Waals surface area contributed by atoms with Crippen molar-refractivity contribution < 1.29 is 9.53 Å². The van der Waals surface area contributed by atoms with E-state index in [9.17, 15) is 4.79 Å². The lowest BCUT2D eigenvalue weighted by Crippen LogP contribution is -2.29. The summed E-state index contributed by atoms with van der Waals surface area (Å²) in [6.07, 6.45) is 9.54. The van der Waals surface area contributed by atoms with Gasteiger partial charge in [0, 0.05) is 28.9 Å². The van der Waals surface area contributed by atoms with E-state index in [1.54, 1.807) is 4.90 Å². The summed E-state index contributed by atoms with van der Waals surface area (Å²) < 4.78 is 8.55. The summed E-state index contributed by atoms with van der Waals surface area (Å²) in [5.41, 5.74) is 4.46. The Hall–Kier alpha value is -3.39. The molecule has 1 aliphatic heterocycles. The average molecular weight is 602 g/mol. The molecule has 4 aromatic rings. The quantitative estimate of drug-likeness (QED) is 0.0921. The second-order valence-electron chi connectivity index (χ2n) is 9.90. The standard InChI is InChI=1S/C33H32ClN3O2S2/c1-2-3-4-5-9-19-36-32(38)30(41-33(36)40)21-26-22-37(28-12-7-6-8-13-28)35-31(26)25-11-10-14-29(20-25)39-23-24-15-17-27(34)18-16-24/h6-8,10-18,20-22H,2-5,9,19,23H2,1H3. The minimum absolute atomic E-state index is 0.0334. The van der Waals surface area contributed by atoms with Gasteiger partial charge in [-0.2, -0.15) is 5.10 Å². The number of benzene rings is 3. The maximum absolute atomic E-state index is 13.4. The van der Waals surface area contributed by atoms with Crippen LogP contribution in [0.4, 0.5) is 0 Å². The van der Waals surface area contributed by atoms with E-state index in [4.69, 9.17) is 33.7 Å². The van der Waals surface area contributed by atoms with Crippen LogP contribution in [-0.2, 0) is 11.4 Å². The van der Waals surface area contributed by atoms with Gasteiger partial charge in [-0.05, 0) is 54.5 Å². The third-order valence-corrected chi connectivity index (χ3v) is 8.46. The van der Waals surface area contributed by atoms with Crippen LogP contribution in [0.25, 0.3) is 23.0 Å². The molecule has 1 saturated heterocycles. The summed E-state index contributed by atoms with van der Waals surface area (Å²) in [5, 5.41) is 5.63. The molecule has 41 heavy (non-hydrogen) atoms. The first-order valence-corrected chi connectivity index (χ1v) is 15.5. The number of nitrogens with zero attached hydrogens (tertiary/aromatic N) is 3. The molecule has 1 aliphatic rings. The zero-order valence-corrected chi connectivity index (χ0v) is 25.4. The van der Waals surface area contributed by atoms with E-state index < -0.39 is 0 Å². The fourth-order valence-corrected chi connectivity index (χ4v) is 6.04. The van der Waals surface area contributed by atoms with Gasteiger partial charge in [-0.3, -0.25) is 9.69 Å². The maximum atomic E-state index is 13.4. The van der Waals surface area contributed by atoms with Crippen molar-refractivity contribution in [3.05, 3.63) is 106 Å². The predicted molar refractivity (Wildman–Crippen MR) is 173 cm³/mol. The number of carbonyl (C=O) groups excluding carboxylic acids is 1. The molecule has 0 unspecified atom stereocenters. The van der Waals surface area contributed by atoms with Gasteiger partial charge in [0.1, 0.15) is 22.4 Å². The van der Waals surface area contributed by atoms with Crippen molar-refractivity contribution in [3.8, 4) is 22.7 Å². The van der Waals surface area contributed by atoms with Crippen molar-refractivity contribution in [1.29, 1.82) is 0 Å². The molecule has 1 amide bonds. The highest BCUT2D eigenvalue weighted by atomic mass is 35.5. The van der Waals surface area contributed by atoms with Gasteiger partial charge in [0.05, 0.1) is 10.6 Å². The van der Waals surface area contributed by atoms with E-state index >= 15 is 0 Å². The third-order valence-electron chi connectivity index (χ3n) is 6.83. The van der Waals surface area contributed by atoms with Crippen molar-refractivity contribution >= 4 is 51.9 Å². The summed E-state index contributed by atoms with van der Waals surface area (Å²) >= 11 is 13.0. The number of thiocarbonyl (C=S) groups is 1. The molecule has 3 aromatic carbocycles. The van der Waals surface area contributed by atoms with Crippen LogP contribution in [0.2, 0.25) is 5.02 Å². The van der Waals surface area contributed by atoms with E-state index in [1.165, 1.54) is 31.0 Å². The van der Waals surface area contributed by atoms with Crippen molar-refractivity contribution in [3.63, 3.8) is 0 Å². The lowest BCUT2D eigenvalue weighted by Gasteiger charge is -2.13. The summed E-state index contributed by atoms with van der Waals surface area (Å²) in [6, 6.07) is 25.4. The zero-order valence-electron chi connectivity index (χ0n) is 23.0. The van der Waals surface area contributed by atoms with E-state index in [2.05, 4.69) is 6.92 Å². The second-order valence-corrected chi connectivity index (χ2v) is 12.0. The van der Waals surface area contributed by atoms with Crippen LogP contribution in [-0.4, -0.2) is 31.5 Å². The largest absolute Gasteiger partial charge is 0.489 e. The Balaban J connectivity index is 1.41. The normalized spacial score (nSPS) is 14.3. The van der Waals surface area contributed by atoms with Crippen LogP contribution in [0.3, 0.4) is 0 Å². The fourth-order valence-electron chi connectivity index (χ4n) is 4.62. The van der Waals surface area contributed by atoms with E-state index in [1.807, 2.05) is 95.8 Å². The Morgan fingerprint density at radius 3 is 2.54 bits per heavy atom. The second kappa shape index (κ2) is 14.0. The highest BCUT2D eigenvalue weighted by Gasteiger charge is 2.32. The number of ether oxygens (including phenoxy) is 1. The van der Waals surface area contributed by atoms with Gasteiger partial charge in [0.15, 0.2) is 0 Å². The Labute approximate surface area is 256 Å². The number of amides is 1. The van der Waals surface area contributed by atoms with Crippen LogP contribution in [0.15, 0.2) is 90.0 Å². The highest BCUT2D eigenvalue weighted by Crippen LogP contribution is 2.35. The van der Waals surface area contributed by atoms with E-state index in [0.29, 0.717) is 27.4 Å². The Bertz CT molecular complexity index is 1530. The Morgan fingerprint density at radius 2 is 1.76 bits per heavy atom. The number of hydrogen-bond donors (Lipinski definition) is 0. The summed E-state index contributed by atoms with van der Waals surface area (Å²) in [7, 11) is 0. The topological polar surface area (TPSA) is 47.4 Å². The molecule has 0 saturated carbocycles. The Kier molecular flexibility index (Phi) is 9.93. The minimum Gasteiger partial charge on any atom is -0.489 e. The lowest BCUT2D eigenvalue weighted by atomic mass is 10.1. The summed E-state index contributed by atoms with van der Waals surface area (Å²) in [5.74, 6) is 0.695. The molecule has 0 N–H and O–H groups in total. The summed E-state index contributed by atoms with van der Waals surface area (Å²) in [6.45, 7) is 3.29. The molecule has 210 valence electrons. The molecule has 5 rings (SSSR count). The number of hydrogen-bond acceptors (Lipinski definition) is 5. The maximum Gasteiger partial charge on any atom is 0.266 e. The van der Waals surface area contributed by atoms with Gasteiger partial charge < -0.3 is 4.74 Å². The summed E-state index contributed by atoms with van der Waals surface area (Å²) in [4.78, 5) is 15.7. The molecule has 0 bridgehead atoms. The van der Waals surface area contributed by atoms with Gasteiger partial charge in [0.2, 0.25) is 0 Å². The number of aromatic nitrogens is 2. The molecule has 8 heteroatoms. The molecule has 5 nitrogen and oxygen atoms in total. The fraction of sp³-hybridized carbons (Fsp3) is 0.242. The third kappa shape index (κ3) is 7.47. The average Bonchev–Trinajstić information content (AvgIpc) is 3.53. The smallest absolute Gasteiger partial charge is 0.266 e. The van der Waals surface area contributed by atoms with Crippen LogP contribution in [0.5, 0.6) is 5.75 Å². The molecule has 1 aromatic heterocycles. The van der Waals surface area contributed by atoms with Crippen LogP contribution >= 0.6 is 35.6 Å². The van der Waals surface area contributed by atoms with Crippen LogP contribution in [0.1, 0.15) is 50.2 Å². The van der Waals surface area contributed by atoms with Gasteiger partial charge in [-0.25, -0.2) is 4.68 Å². The highest BCUT2D eigenvalue weighted by molar-refractivity contribution is 8.26. The molecule has 0 aliphatic carbocycles. The van der Waals surface area contributed by atoms with Gasteiger partial charge in [-0.15, -0.1) is 0 Å². The number of unbranched alkanes of at least 4 members (excludes halogenated alkanes) is 4. The number of carbonyl (C=O) groups is 1. The first-order valence-electron chi connectivity index (χ1n) is 13.9. The Morgan fingerprint density at radius 1 is 0.976 bits per heavy atom. The predicted octanol–water partition coefficient (Wildman–Crippen LogP) is 8.94. The van der Waals surface area contributed by atoms with Gasteiger partial charge >= 0.3 is 0 Å². The van der Waals surface area contributed by atoms with Gasteiger partial charge in [0.25, 0.3) is 5.91 Å². The molecule has 2 heterocycles. The van der Waals surface area contributed by atoms with Crippen molar-refractivity contribution in [2.75, 3.05) is 6.54 Å². The number of thioether (sulfide) groups is 1. The molecular weight excluding hydrogens is 570 g/mol. The number of para-hydroxylation sites is 1. The van der Waals surface area contributed by atoms with Crippen molar-refractivity contribution in [2.24, 2.45) is 0 Å². The van der Waals surface area contributed by atoms with Gasteiger partial charge in [-0.1, -0.05) is 111 Å². The van der Waals surface area contributed by atoms with Crippen LogP contribution in [0, 0.1) is 0 Å². The first-order chi connectivity index (χ1) is 20.0. The molecular formula is C33H32ClN3O2S2. The zero-order chi connectivity index (χ0) is 28.6. The SMILES string of the molecule is CCCCCCCN1C(=O)C(=Cc2cn(-c3ccccc3)nc2-c2cccc(OCc3ccc(Cl)cc3)c2)SC1=S. The molecule has 0 atom stereocenters. The number of halogens is 1. The van der Waals surface area contributed by atoms with Crippen molar-refractivity contribution in [2.45, 2.75) is 45.6 Å².